The molecule has 2 rings (SSSR count). The van der Waals surface area contributed by atoms with Crippen molar-refractivity contribution in [2.24, 2.45) is 0 Å². The van der Waals surface area contributed by atoms with Gasteiger partial charge in [-0.2, -0.15) is 0 Å². The van der Waals surface area contributed by atoms with Crippen LogP contribution < -0.4 is 0 Å². The first-order chi connectivity index (χ1) is 8.66. The Balaban J connectivity index is 1.68. The standard InChI is InChI=1S/C15H30N2O/c1-16(13-7-3-4-8-13)11-15(18)12-17(2)14-9-5-6-10-14/h13-15,18H,3-12H2,1-2H3. The summed E-state index contributed by atoms with van der Waals surface area (Å²) in [7, 11) is 4.35. The Labute approximate surface area is 112 Å². The van der Waals surface area contributed by atoms with Crippen LogP contribution in [0.5, 0.6) is 0 Å². The van der Waals surface area contributed by atoms with Crippen LogP contribution in [-0.4, -0.2) is 60.3 Å². The van der Waals surface area contributed by atoms with Crippen LogP contribution in [0, 0.1) is 0 Å². The number of hydrogen-bond donors (Lipinski definition) is 1. The van der Waals surface area contributed by atoms with Crippen molar-refractivity contribution in [1.82, 2.24) is 9.80 Å². The smallest absolute Gasteiger partial charge is 0.0793 e. The van der Waals surface area contributed by atoms with Crippen LogP contribution in [0.25, 0.3) is 0 Å². The van der Waals surface area contributed by atoms with E-state index in [1.165, 1.54) is 51.4 Å². The summed E-state index contributed by atoms with van der Waals surface area (Å²) >= 11 is 0. The Morgan fingerprint density at radius 2 is 1.17 bits per heavy atom. The van der Waals surface area contributed by atoms with Crippen LogP contribution in [0.4, 0.5) is 0 Å². The van der Waals surface area contributed by atoms with Crippen LogP contribution in [-0.2, 0) is 0 Å². The second-order valence-electron chi connectivity index (χ2n) is 6.41. The molecule has 18 heavy (non-hydrogen) atoms. The normalized spacial score (nSPS) is 23.0. The maximum Gasteiger partial charge on any atom is 0.0793 e. The maximum atomic E-state index is 10.2. The van der Waals surface area contributed by atoms with E-state index >= 15 is 0 Å². The summed E-state index contributed by atoms with van der Waals surface area (Å²) in [5, 5.41) is 10.2. The number of aliphatic hydroxyl groups excluding tert-OH is 1. The van der Waals surface area contributed by atoms with Crippen LogP contribution >= 0.6 is 0 Å². The van der Waals surface area contributed by atoms with E-state index in [0.29, 0.717) is 0 Å². The highest BCUT2D eigenvalue weighted by molar-refractivity contribution is 4.80. The highest BCUT2D eigenvalue weighted by Crippen LogP contribution is 2.24. The van der Waals surface area contributed by atoms with E-state index < -0.39 is 0 Å². The van der Waals surface area contributed by atoms with Gasteiger partial charge in [-0.05, 0) is 39.8 Å². The molecule has 0 unspecified atom stereocenters. The van der Waals surface area contributed by atoms with E-state index in [2.05, 4.69) is 23.9 Å². The Kier molecular flexibility index (Phi) is 5.46. The molecule has 2 aliphatic carbocycles. The average Bonchev–Trinajstić information content (AvgIpc) is 3.02. The minimum atomic E-state index is -0.193. The molecule has 0 aromatic rings. The van der Waals surface area contributed by atoms with Crippen molar-refractivity contribution >= 4 is 0 Å². The highest BCUT2D eigenvalue weighted by Gasteiger charge is 2.24. The van der Waals surface area contributed by atoms with Gasteiger partial charge in [0.05, 0.1) is 6.10 Å². The first-order valence-electron chi connectivity index (χ1n) is 7.75. The van der Waals surface area contributed by atoms with E-state index in [1.807, 2.05) is 0 Å². The highest BCUT2D eigenvalue weighted by atomic mass is 16.3. The molecule has 0 bridgehead atoms. The van der Waals surface area contributed by atoms with E-state index in [9.17, 15) is 5.11 Å². The predicted octanol–water partition coefficient (Wildman–Crippen LogP) is 2.10. The summed E-state index contributed by atoms with van der Waals surface area (Å²) in [5.41, 5.74) is 0. The first-order valence-corrected chi connectivity index (χ1v) is 7.75. The molecule has 0 atom stereocenters. The number of hydrogen-bond acceptors (Lipinski definition) is 3. The Hall–Kier alpha value is -0.120. The van der Waals surface area contributed by atoms with Gasteiger partial charge in [-0.3, -0.25) is 0 Å². The van der Waals surface area contributed by atoms with Crippen molar-refractivity contribution < 1.29 is 5.11 Å². The molecule has 0 aromatic heterocycles. The second-order valence-corrected chi connectivity index (χ2v) is 6.41. The largest absolute Gasteiger partial charge is 0.390 e. The Morgan fingerprint density at radius 1 is 0.833 bits per heavy atom. The fraction of sp³-hybridized carbons (Fsp3) is 1.00. The number of aliphatic hydroxyl groups is 1. The lowest BCUT2D eigenvalue weighted by Gasteiger charge is -2.30. The van der Waals surface area contributed by atoms with Crippen LogP contribution in [0.2, 0.25) is 0 Å². The summed E-state index contributed by atoms with van der Waals surface area (Å²) in [4.78, 5) is 4.75. The minimum absolute atomic E-state index is 0.193. The van der Waals surface area contributed by atoms with Crippen molar-refractivity contribution in [3.8, 4) is 0 Å². The molecule has 0 saturated heterocycles. The summed E-state index contributed by atoms with van der Waals surface area (Å²) in [5.74, 6) is 0. The fourth-order valence-corrected chi connectivity index (χ4v) is 3.71. The summed E-state index contributed by atoms with van der Waals surface area (Å²) < 4.78 is 0. The number of rotatable bonds is 6. The van der Waals surface area contributed by atoms with Crippen molar-refractivity contribution in [2.45, 2.75) is 69.6 Å². The van der Waals surface area contributed by atoms with Gasteiger partial charge >= 0.3 is 0 Å². The van der Waals surface area contributed by atoms with E-state index in [0.717, 1.165) is 25.2 Å². The molecule has 0 radical (unpaired) electrons. The topological polar surface area (TPSA) is 26.7 Å². The van der Waals surface area contributed by atoms with Crippen LogP contribution in [0.1, 0.15) is 51.4 Å². The molecule has 0 amide bonds. The SMILES string of the molecule is CN(CC(O)CN(C)C1CCCC1)C1CCCC1. The predicted molar refractivity (Wildman–Crippen MR) is 75.8 cm³/mol. The summed E-state index contributed by atoms with van der Waals surface area (Å²) in [6, 6.07) is 1.44. The molecule has 106 valence electrons. The lowest BCUT2D eigenvalue weighted by atomic mass is 10.1. The molecular formula is C15H30N2O. The maximum absolute atomic E-state index is 10.2. The van der Waals surface area contributed by atoms with Gasteiger partial charge < -0.3 is 14.9 Å². The molecule has 0 aliphatic heterocycles. The lowest BCUT2D eigenvalue weighted by Crippen LogP contribution is -2.43. The van der Waals surface area contributed by atoms with Gasteiger partial charge in [0.1, 0.15) is 0 Å². The summed E-state index contributed by atoms with van der Waals surface area (Å²) in [6.45, 7) is 1.67. The molecule has 3 nitrogen and oxygen atoms in total. The van der Waals surface area contributed by atoms with E-state index in [-0.39, 0.29) is 6.10 Å². The van der Waals surface area contributed by atoms with Crippen LogP contribution in [0.3, 0.4) is 0 Å². The molecule has 0 heterocycles. The van der Waals surface area contributed by atoms with Gasteiger partial charge in [0.2, 0.25) is 0 Å². The molecule has 1 N–H and O–H groups in total. The van der Waals surface area contributed by atoms with Gasteiger partial charge in [0.15, 0.2) is 0 Å². The summed E-state index contributed by atoms with van der Waals surface area (Å²) in [6.07, 6.45) is 10.6. The zero-order valence-corrected chi connectivity index (χ0v) is 12.1. The molecule has 3 heteroatoms. The average molecular weight is 254 g/mol. The Bertz CT molecular complexity index is 211. The quantitative estimate of drug-likeness (QED) is 0.786. The molecule has 2 aliphatic rings. The lowest BCUT2D eigenvalue weighted by molar-refractivity contribution is 0.0650. The zero-order chi connectivity index (χ0) is 13.0. The van der Waals surface area contributed by atoms with Crippen LogP contribution in [0.15, 0.2) is 0 Å². The first kappa shape index (κ1) is 14.3. The van der Waals surface area contributed by atoms with Crippen molar-refractivity contribution in [1.29, 1.82) is 0 Å². The fourth-order valence-electron chi connectivity index (χ4n) is 3.71. The molecular weight excluding hydrogens is 224 g/mol. The van der Waals surface area contributed by atoms with Gasteiger partial charge in [-0.1, -0.05) is 25.7 Å². The second kappa shape index (κ2) is 6.88. The van der Waals surface area contributed by atoms with Crippen molar-refractivity contribution in [3.63, 3.8) is 0 Å². The number of nitrogens with zero attached hydrogens (tertiary/aromatic N) is 2. The van der Waals surface area contributed by atoms with Gasteiger partial charge in [-0.15, -0.1) is 0 Å². The van der Waals surface area contributed by atoms with E-state index in [1.54, 1.807) is 0 Å². The van der Waals surface area contributed by atoms with Crippen molar-refractivity contribution in [3.05, 3.63) is 0 Å². The monoisotopic (exact) mass is 254 g/mol. The molecule has 2 fully saturated rings. The molecule has 0 aromatic carbocycles. The van der Waals surface area contributed by atoms with Crippen molar-refractivity contribution in [2.75, 3.05) is 27.2 Å². The molecule has 0 spiro atoms. The van der Waals surface area contributed by atoms with Gasteiger partial charge in [0, 0.05) is 25.2 Å². The van der Waals surface area contributed by atoms with Gasteiger partial charge in [0.25, 0.3) is 0 Å². The van der Waals surface area contributed by atoms with E-state index in [4.69, 9.17) is 0 Å². The Morgan fingerprint density at radius 3 is 1.50 bits per heavy atom. The third-order valence-electron chi connectivity index (χ3n) is 4.89. The zero-order valence-electron chi connectivity index (χ0n) is 12.1. The van der Waals surface area contributed by atoms with Gasteiger partial charge in [-0.25, -0.2) is 0 Å². The third kappa shape index (κ3) is 3.94. The number of likely N-dealkylation sites (N-methyl/N-ethyl adjacent to an activating group) is 2. The molecule has 2 saturated carbocycles. The third-order valence-corrected chi connectivity index (χ3v) is 4.89. The minimum Gasteiger partial charge on any atom is -0.390 e.